The Hall–Kier alpha value is -0.488. The molecule has 1 aromatic carbocycles. The molecule has 0 heterocycles. The number of hydrogen-bond donors (Lipinski definition) is 2. The molecular formula is C22H32O2U. The van der Waals surface area contributed by atoms with E-state index in [-0.39, 0.29) is 43.6 Å². The number of rotatable bonds is 8. The molecule has 0 spiro atoms. The van der Waals surface area contributed by atoms with Crippen molar-refractivity contribution in [3.63, 3.8) is 0 Å². The van der Waals surface area contributed by atoms with Crippen molar-refractivity contribution in [2.45, 2.75) is 70.6 Å². The second kappa shape index (κ2) is 14.7. The van der Waals surface area contributed by atoms with Crippen LogP contribution in [0.15, 0.2) is 30.4 Å². The minimum atomic E-state index is 0. The molecule has 1 atom stereocenters. The first-order chi connectivity index (χ1) is 11.7. The van der Waals surface area contributed by atoms with Gasteiger partial charge in [0.2, 0.25) is 0 Å². The van der Waals surface area contributed by atoms with Crippen LogP contribution in [0, 0.1) is 43.8 Å². The Morgan fingerprint density at radius 2 is 1.96 bits per heavy atom. The average Bonchev–Trinajstić information content (AvgIpc) is 2.63. The second-order valence-electron chi connectivity index (χ2n) is 6.45. The maximum Gasteiger partial charge on any atom is 2.00 e. The Morgan fingerprint density at radius 3 is 2.60 bits per heavy atom. The zero-order valence-electron chi connectivity index (χ0n) is 15.6. The SMILES string of the molecule is CCCCCCCc1c[c-]c(C2C=C(CO)CCC2)c(O)c1.[CH-]=C.[U+2]. The van der Waals surface area contributed by atoms with Crippen LogP contribution in [0.25, 0.3) is 0 Å². The number of phenols is 1. The van der Waals surface area contributed by atoms with E-state index < -0.39 is 0 Å². The molecule has 3 heteroatoms. The van der Waals surface area contributed by atoms with E-state index in [0.29, 0.717) is 5.75 Å². The first kappa shape index (κ1) is 24.5. The van der Waals surface area contributed by atoms with Crippen LogP contribution in [-0.2, 0) is 6.42 Å². The van der Waals surface area contributed by atoms with Crippen molar-refractivity contribution >= 4 is 0 Å². The fourth-order valence-electron chi connectivity index (χ4n) is 3.27. The number of phenolic OH excluding ortho intramolecular Hbond substituents is 1. The number of allylic oxidation sites excluding steroid dienone is 1. The van der Waals surface area contributed by atoms with Crippen LogP contribution in [0.5, 0.6) is 5.75 Å². The van der Waals surface area contributed by atoms with Gasteiger partial charge in [0.25, 0.3) is 0 Å². The zero-order chi connectivity index (χ0) is 17.8. The standard InChI is InChI=1S/C20H29O2.C2H3.U/c1-2-3-4-5-6-8-16-11-12-19(20(22)14-16)18-10-7-9-17(13-18)15-21;1-2;/h11,13-14,18,21-22H,2-10,15H2,1H3;1H,2H2;/q2*-1;+2. The smallest absolute Gasteiger partial charge is 0.565 e. The normalized spacial score (nSPS) is 16.2. The van der Waals surface area contributed by atoms with E-state index in [1.165, 1.54) is 37.7 Å². The largest absolute Gasteiger partial charge is 2.00 e. The number of benzene rings is 1. The Morgan fingerprint density at radius 1 is 1.24 bits per heavy atom. The number of aliphatic hydroxyl groups excluding tert-OH is 1. The van der Waals surface area contributed by atoms with Crippen molar-refractivity contribution in [1.82, 2.24) is 0 Å². The Bertz CT molecular complexity index is 511. The summed E-state index contributed by atoms with van der Waals surface area (Å²) < 4.78 is 0. The van der Waals surface area contributed by atoms with Gasteiger partial charge in [0.1, 0.15) is 0 Å². The molecule has 0 amide bonds. The van der Waals surface area contributed by atoms with Crippen molar-refractivity contribution < 1.29 is 41.3 Å². The van der Waals surface area contributed by atoms with Crippen molar-refractivity contribution in [2.24, 2.45) is 0 Å². The molecule has 1 aliphatic carbocycles. The Kier molecular flexibility index (Phi) is 14.4. The molecule has 1 aromatic rings. The Labute approximate surface area is 177 Å². The minimum Gasteiger partial charge on any atom is -0.565 e. The van der Waals surface area contributed by atoms with Gasteiger partial charge in [-0.3, -0.25) is 6.58 Å². The number of aromatic hydroxyl groups is 1. The van der Waals surface area contributed by atoms with Crippen molar-refractivity contribution in [2.75, 3.05) is 6.61 Å². The summed E-state index contributed by atoms with van der Waals surface area (Å²) >= 11 is 0. The van der Waals surface area contributed by atoms with Crippen LogP contribution >= 0.6 is 0 Å². The van der Waals surface area contributed by atoms with Crippen molar-refractivity contribution in [1.29, 1.82) is 0 Å². The molecule has 0 aromatic heterocycles. The number of aliphatic hydroxyl groups is 1. The van der Waals surface area contributed by atoms with E-state index in [4.69, 9.17) is 0 Å². The quantitative estimate of drug-likeness (QED) is 0.248. The number of hydrogen-bond acceptors (Lipinski definition) is 2. The van der Waals surface area contributed by atoms with E-state index >= 15 is 0 Å². The maximum atomic E-state index is 10.3. The predicted molar refractivity (Wildman–Crippen MR) is 101 cm³/mol. The van der Waals surface area contributed by atoms with Crippen molar-refractivity contribution in [3.05, 3.63) is 54.1 Å². The molecule has 2 rings (SSSR count). The van der Waals surface area contributed by atoms with E-state index in [1.807, 2.05) is 12.1 Å². The summed E-state index contributed by atoms with van der Waals surface area (Å²) in [5.74, 6) is 0.570. The first-order valence-electron chi connectivity index (χ1n) is 9.19. The maximum absolute atomic E-state index is 10.3. The van der Waals surface area contributed by atoms with Crippen molar-refractivity contribution in [3.8, 4) is 5.75 Å². The van der Waals surface area contributed by atoms with Gasteiger partial charge in [0.05, 0.1) is 6.61 Å². The molecule has 2 nitrogen and oxygen atoms in total. The third-order valence-electron chi connectivity index (χ3n) is 4.60. The van der Waals surface area contributed by atoms with Gasteiger partial charge in [0, 0.05) is 5.75 Å². The molecule has 0 fully saturated rings. The monoisotopic (exact) mass is 566 g/mol. The third-order valence-corrected chi connectivity index (χ3v) is 4.60. The summed E-state index contributed by atoms with van der Waals surface area (Å²) in [6.07, 6.45) is 12.6. The predicted octanol–water partition coefficient (Wildman–Crippen LogP) is 5.50. The Balaban J connectivity index is 0.00000185. The molecule has 1 unspecified atom stereocenters. The molecule has 136 valence electrons. The van der Waals surface area contributed by atoms with Crippen LogP contribution in [0.2, 0.25) is 0 Å². The van der Waals surface area contributed by atoms with Gasteiger partial charge in [0.15, 0.2) is 0 Å². The summed E-state index contributed by atoms with van der Waals surface area (Å²) in [7, 11) is 0. The van der Waals surface area contributed by atoms with Crippen LogP contribution in [0.3, 0.4) is 0 Å². The summed E-state index contributed by atoms with van der Waals surface area (Å²) in [5.41, 5.74) is 3.16. The second-order valence-corrected chi connectivity index (χ2v) is 6.45. The molecule has 1 aliphatic rings. The van der Waals surface area contributed by atoms with Crippen LogP contribution in [-0.4, -0.2) is 16.8 Å². The summed E-state index contributed by atoms with van der Waals surface area (Å²) in [5, 5.41) is 19.6. The fraction of sp³-hybridized carbons (Fsp3) is 0.545. The zero-order valence-corrected chi connectivity index (χ0v) is 19.7. The molecule has 0 radical (unpaired) electrons. The minimum absolute atomic E-state index is 0. The first-order valence-corrected chi connectivity index (χ1v) is 9.19. The third kappa shape index (κ3) is 8.63. The molecule has 0 bridgehead atoms. The summed E-state index contributed by atoms with van der Waals surface area (Å²) in [6.45, 7) is 9.36. The van der Waals surface area contributed by atoms with Gasteiger partial charge in [-0.15, -0.1) is 11.6 Å². The fourth-order valence-corrected chi connectivity index (χ4v) is 3.27. The molecule has 2 N–H and O–H groups in total. The summed E-state index contributed by atoms with van der Waals surface area (Å²) in [4.78, 5) is 0. The van der Waals surface area contributed by atoms with Gasteiger partial charge >= 0.3 is 31.1 Å². The number of unbranched alkanes of at least 4 members (excludes halogenated alkanes) is 4. The molecule has 0 aliphatic heterocycles. The molecule has 0 saturated carbocycles. The van der Waals surface area contributed by atoms with Crippen LogP contribution < -0.4 is 0 Å². The van der Waals surface area contributed by atoms with E-state index in [1.54, 1.807) is 0 Å². The van der Waals surface area contributed by atoms with E-state index in [9.17, 15) is 10.2 Å². The molecule has 25 heavy (non-hydrogen) atoms. The van der Waals surface area contributed by atoms with Gasteiger partial charge in [-0.2, -0.15) is 17.7 Å². The van der Waals surface area contributed by atoms with Gasteiger partial charge in [-0.25, -0.2) is 0 Å². The molecular weight excluding hydrogens is 534 g/mol. The number of aryl methyl sites for hydroxylation is 1. The molecule has 0 saturated heterocycles. The van der Waals surface area contributed by atoms with Gasteiger partial charge < -0.3 is 16.8 Å². The van der Waals surface area contributed by atoms with E-state index in [2.05, 4.69) is 32.2 Å². The van der Waals surface area contributed by atoms with Gasteiger partial charge in [-0.05, 0) is 30.8 Å². The van der Waals surface area contributed by atoms with E-state index in [0.717, 1.165) is 36.8 Å². The summed E-state index contributed by atoms with van der Waals surface area (Å²) in [6, 6.07) is 7.24. The van der Waals surface area contributed by atoms with Crippen LogP contribution in [0.1, 0.15) is 75.3 Å². The average molecular weight is 567 g/mol. The van der Waals surface area contributed by atoms with Gasteiger partial charge in [-0.1, -0.05) is 51.5 Å². The topological polar surface area (TPSA) is 40.5 Å². The van der Waals surface area contributed by atoms with Crippen LogP contribution in [0.4, 0.5) is 0 Å².